The third kappa shape index (κ3) is 2.85. The van der Waals surface area contributed by atoms with Crippen LogP contribution in [0.15, 0.2) is 30.6 Å². The summed E-state index contributed by atoms with van der Waals surface area (Å²) >= 11 is 7.57. The van der Waals surface area contributed by atoms with Crippen molar-refractivity contribution in [3.8, 4) is 0 Å². The summed E-state index contributed by atoms with van der Waals surface area (Å²) in [6.07, 6.45) is 3.90. The first-order valence-corrected chi connectivity index (χ1v) is 7.61. The minimum absolute atomic E-state index is 0.266. The Morgan fingerprint density at radius 1 is 1.45 bits per heavy atom. The van der Waals surface area contributed by atoms with Crippen molar-refractivity contribution < 1.29 is 0 Å². The summed E-state index contributed by atoms with van der Waals surface area (Å²) in [5.74, 6) is 0. The number of rotatable bonds is 4. The summed E-state index contributed by atoms with van der Waals surface area (Å²) in [7, 11) is 0. The Kier molecular flexibility index (Phi) is 3.74. The SMILES string of the molecule is Cc1cc2ncc(CNC(C)c3ccc(Cl)s3)cn2n1. The topological polar surface area (TPSA) is 42.2 Å². The van der Waals surface area contributed by atoms with Crippen molar-refractivity contribution in [2.45, 2.75) is 26.4 Å². The largest absolute Gasteiger partial charge is 0.305 e. The van der Waals surface area contributed by atoms with Gasteiger partial charge in [-0.2, -0.15) is 5.10 Å². The summed E-state index contributed by atoms with van der Waals surface area (Å²) in [6.45, 7) is 4.85. The molecule has 3 rings (SSSR count). The van der Waals surface area contributed by atoms with Crippen LogP contribution in [0.1, 0.15) is 29.1 Å². The van der Waals surface area contributed by atoms with Gasteiger partial charge < -0.3 is 5.32 Å². The maximum Gasteiger partial charge on any atom is 0.155 e. The molecular formula is C14H15ClN4S. The molecule has 0 aromatic carbocycles. The highest BCUT2D eigenvalue weighted by atomic mass is 35.5. The quantitative estimate of drug-likeness (QED) is 0.801. The lowest BCUT2D eigenvalue weighted by atomic mass is 10.2. The fourth-order valence-corrected chi connectivity index (χ4v) is 3.15. The third-order valence-electron chi connectivity index (χ3n) is 3.12. The summed E-state index contributed by atoms with van der Waals surface area (Å²) < 4.78 is 2.64. The summed E-state index contributed by atoms with van der Waals surface area (Å²) in [6, 6.07) is 6.22. The molecular weight excluding hydrogens is 292 g/mol. The smallest absolute Gasteiger partial charge is 0.155 e. The Morgan fingerprint density at radius 2 is 2.30 bits per heavy atom. The number of nitrogens with zero attached hydrogens (tertiary/aromatic N) is 3. The van der Waals surface area contributed by atoms with Gasteiger partial charge in [0.15, 0.2) is 5.65 Å². The van der Waals surface area contributed by atoms with Gasteiger partial charge in [0.1, 0.15) is 0 Å². The first-order chi connectivity index (χ1) is 9.61. The molecule has 0 aliphatic rings. The highest BCUT2D eigenvalue weighted by Gasteiger charge is 2.08. The molecule has 1 N–H and O–H groups in total. The van der Waals surface area contributed by atoms with Crippen molar-refractivity contribution in [3.05, 3.63) is 51.1 Å². The van der Waals surface area contributed by atoms with Gasteiger partial charge in [0.05, 0.1) is 10.0 Å². The standard InChI is InChI=1S/C14H15ClN4S/c1-9-5-14-17-7-11(8-19(14)18-9)6-16-10(2)12-3-4-13(15)20-12/h3-5,7-8,10,16H,6H2,1-2H3. The van der Waals surface area contributed by atoms with Crippen LogP contribution < -0.4 is 5.32 Å². The molecule has 6 heteroatoms. The highest BCUT2D eigenvalue weighted by molar-refractivity contribution is 7.16. The first-order valence-electron chi connectivity index (χ1n) is 6.41. The molecule has 1 unspecified atom stereocenters. The van der Waals surface area contributed by atoms with E-state index in [0.717, 1.165) is 27.8 Å². The van der Waals surface area contributed by atoms with Crippen LogP contribution in [0, 0.1) is 6.92 Å². The number of nitrogens with one attached hydrogen (secondary N) is 1. The normalized spacial score (nSPS) is 12.9. The molecule has 0 bridgehead atoms. The van der Waals surface area contributed by atoms with E-state index in [1.54, 1.807) is 11.3 Å². The second kappa shape index (κ2) is 5.52. The second-order valence-electron chi connectivity index (χ2n) is 4.80. The van der Waals surface area contributed by atoms with E-state index in [4.69, 9.17) is 11.6 Å². The van der Waals surface area contributed by atoms with Gasteiger partial charge in [-0.1, -0.05) is 11.6 Å². The van der Waals surface area contributed by atoms with E-state index >= 15 is 0 Å². The molecule has 3 aromatic heterocycles. The van der Waals surface area contributed by atoms with Crippen molar-refractivity contribution in [3.63, 3.8) is 0 Å². The van der Waals surface area contributed by atoms with E-state index in [9.17, 15) is 0 Å². The lowest BCUT2D eigenvalue weighted by Gasteiger charge is -2.11. The van der Waals surface area contributed by atoms with Gasteiger partial charge in [-0.3, -0.25) is 0 Å². The van der Waals surface area contributed by atoms with Crippen LogP contribution in [0.25, 0.3) is 5.65 Å². The number of aryl methyl sites for hydroxylation is 1. The van der Waals surface area contributed by atoms with Gasteiger partial charge in [0.25, 0.3) is 0 Å². The summed E-state index contributed by atoms with van der Waals surface area (Å²) in [5, 5.41) is 7.84. The Morgan fingerprint density at radius 3 is 3.05 bits per heavy atom. The molecule has 0 fully saturated rings. The van der Waals surface area contributed by atoms with Crippen LogP contribution in [-0.4, -0.2) is 14.6 Å². The molecule has 0 amide bonds. The van der Waals surface area contributed by atoms with Crippen molar-refractivity contribution in [1.82, 2.24) is 19.9 Å². The Labute approximate surface area is 126 Å². The molecule has 0 saturated heterocycles. The Bertz CT molecular complexity index is 734. The minimum Gasteiger partial charge on any atom is -0.305 e. The molecule has 1 atom stereocenters. The van der Waals surface area contributed by atoms with E-state index in [0.29, 0.717) is 0 Å². The van der Waals surface area contributed by atoms with Crippen molar-refractivity contribution >= 4 is 28.6 Å². The van der Waals surface area contributed by atoms with Gasteiger partial charge in [0, 0.05) is 41.5 Å². The summed E-state index contributed by atoms with van der Waals surface area (Å²) in [4.78, 5) is 5.63. The van der Waals surface area contributed by atoms with Crippen LogP contribution in [0.2, 0.25) is 4.34 Å². The van der Waals surface area contributed by atoms with Gasteiger partial charge in [-0.25, -0.2) is 9.50 Å². The molecule has 0 aliphatic carbocycles. The van der Waals surface area contributed by atoms with E-state index in [2.05, 4.69) is 28.4 Å². The van der Waals surface area contributed by atoms with Crippen LogP contribution in [-0.2, 0) is 6.54 Å². The van der Waals surface area contributed by atoms with Crippen molar-refractivity contribution in [1.29, 1.82) is 0 Å². The highest BCUT2D eigenvalue weighted by Crippen LogP contribution is 2.26. The van der Waals surface area contributed by atoms with E-state index in [1.165, 1.54) is 4.88 Å². The minimum atomic E-state index is 0.266. The van der Waals surface area contributed by atoms with Gasteiger partial charge in [-0.15, -0.1) is 11.3 Å². The molecule has 0 spiro atoms. The average molecular weight is 307 g/mol. The third-order valence-corrected chi connectivity index (χ3v) is 4.54. The maximum atomic E-state index is 5.96. The maximum absolute atomic E-state index is 5.96. The van der Waals surface area contributed by atoms with E-state index < -0.39 is 0 Å². The lowest BCUT2D eigenvalue weighted by molar-refractivity contribution is 0.580. The lowest BCUT2D eigenvalue weighted by Crippen LogP contribution is -2.17. The van der Waals surface area contributed by atoms with Gasteiger partial charge in [-0.05, 0) is 26.0 Å². The monoisotopic (exact) mass is 306 g/mol. The van der Waals surface area contributed by atoms with E-state index in [1.807, 2.05) is 36.0 Å². The molecule has 0 aliphatic heterocycles. The second-order valence-corrected chi connectivity index (χ2v) is 6.54. The predicted molar refractivity (Wildman–Crippen MR) is 82.3 cm³/mol. The fourth-order valence-electron chi connectivity index (χ4n) is 2.06. The van der Waals surface area contributed by atoms with Gasteiger partial charge in [0.2, 0.25) is 0 Å². The van der Waals surface area contributed by atoms with Crippen molar-refractivity contribution in [2.24, 2.45) is 0 Å². The molecule has 104 valence electrons. The zero-order chi connectivity index (χ0) is 14.1. The number of thiophene rings is 1. The van der Waals surface area contributed by atoms with Crippen LogP contribution in [0.3, 0.4) is 0 Å². The molecule has 20 heavy (non-hydrogen) atoms. The number of aromatic nitrogens is 3. The van der Waals surface area contributed by atoms with Gasteiger partial charge >= 0.3 is 0 Å². The van der Waals surface area contributed by atoms with E-state index in [-0.39, 0.29) is 6.04 Å². The molecule has 0 radical (unpaired) electrons. The number of hydrogen-bond acceptors (Lipinski definition) is 4. The average Bonchev–Trinajstić information content (AvgIpc) is 3.00. The van der Waals surface area contributed by atoms with Crippen molar-refractivity contribution in [2.75, 3.05) is 0 Å². The Hall–Kier alpha value is -1.43. The molecule has 4 nitrogen and oxygen atoms in total. The first kappa shape index (κ1) is 13.5. The van der Waals surface area contributed by atoms with Crippen LogP contribution in [0.4, 0.5) is 0 Å². The fraction of sp³-hybridized carbons (Fsp3) is 0.286. The molecule has 3 heterocycles. The van der Waals surface area contributed by atoms with Crippen LogP contribution in [0.5, 0.6) is 0 Å². The Balaban J connectivity index is 1.70. The summed E-state index contributed by atoms with van der Waals surface area (Å²) in [5.41, 5.74) is 2.96. The van der Waals surface area contributed by atoms with Crippen LogP contribution >= 0.6 is 22.9 Å². The molecule has 0 saturated carbocycles. The number of hydrogen-bond donors (Lipinski definition) is 1. The number of fused-ring (bicyclic) bond motifs is 1. The zero-order valence-electron chi connectivity index (χ0n) is 11.3. The molecule has 3 aromatic rings. The zero-order valence-corrected chi connectivity index (χ0v) is 12.9. The predicted octanol–water partition coefficient (Wildman–Crippen LogP) is 3.60. The number of halogens is 1.